The van der Waals surface area contributed by atoms with Crippen molar-refractivity contribution in [3.05, 3.63) is 51.2 Å². The lowest BCUT2D eigenvalue weighted by molar-refractivity contribution is 0.0702. The highest BCUT2D eigenvalue weighted by Crippen LogP contribution is 2.33. The zero-order chi connectivity index (χ0) is 15.2. The Bertz CT molecular complexity index is 798. The van der Waals surface area contributed by atoms with Crippen LogP contribution in [-0.2, 0) is 23.1 Å². The third kappa shape index (κ3) is 2.37. The minimum atomic E-state index is -3.67. The van der Waals surface area contributed by atoms with Gasteiger partial charge in [-0.1, -0.05) is 24.3 Å². The van der Waals surface area contributed by atoms with Gasteiger partial charge in [0, 0.05) is 18.0 Å². The number of carboxylic acids is 1. The molecular formula is C14H13NO4S2. The summed E-state index contributed by atoms with van der Waals surface area (Å²) >= 11 is 0.987. The standard InChI is InChI=1S/C14H13NO4S2/c1-9-13(6-12(20-9)14(16)17)21(18,19)15-7-10-4-2-3-5-11(10)8-15/h2-6H,7-8H2,1H3,(H,16,17). The second kappa shape index (κ2) is 4.94. The molecule has 1 aromatic carbocycles. The van der Waals surface area contributed by atoms with E-state index in [1.807, 2.05) is 24.3 Å². The predicted octanol–water partition coefficient (Wildman–Crippen LogP) is 2.46. The number of aryl methyl sites for hydroxylation is 1. The summed E-state index contributed by atoms with van der Waals surface area (Å²) < 4.78 is 26.8. The van der Waals surface area contributed by atoms with Crippen molar-refractivity contribution in [2.24, 2.45) is 0 Å². The Hall–Kier alpha value is -1.70. The van der Waals surface area contributed by atoms with Crippen LogP contribution >= 0.6 is 11.3 Å². The molecule has 0 saturated heterocycles. The molecular weight excluding hydrogens is 310 g/mol. The molecule has 0 amide bonds. The normalized spacial score (nSPS) is 15.1. The van der Waals surface area contributed by atoms with Crippen molar-refractivity contribution in [3.8, 4) is 0 Å². The van der Waals surface area contributed by atoms with Crippen LogP contribution in [0, 0.1) is 6.92 Å². The van der Waals surface area contributed by atoms with Crippen LogP contribution in [0.2, 0.25) is 0 Å². The number of nitrogens with zero attached hydrogens (tertiary/aromatic N) is 1. The number of sulfonamides is 1. The van der Waals surface area contributed by atoms with E-state index in [9.17, 15) is 13.2 Å². The maximum Gasteiger partial charge on any atom is 0.345 e. The number of fused-ring (bicyclic) bond motifs is 1. The number of rotatable bonds is 3. The molecule has 0 bridgehead atoms. The summed E-state index contributed by atoms with van der Waals surface area (Å²) in [6.07, 6.45) is 0. The first kappa shape index (κ1) is 14.2. The summed E-state index contributed by atoms with van der Waals surface area (Å²) in [7, 11) is -3.67. The molecule has 0 atom stereocenters. The Morgan fingerprint density at radius 1 is 1.24 bits per heavy atom. The van der Waals surface area contributed by atoms with Gasteiger partial charge in [-0.3, -0.25) is 0 Å². The van der Waals surface area contributed by atoms with E-state index >= 15 is 0 Å². The lowest BCUT2D eigenvalue weighted by Gasteiger charge is -2.15. The van der Waals surface area contributed by atoms with E-state index in [1.54, 1.807) is 6.92 Å². The Morgan fingerprint density at radius 3 is 2.29 bits per heavy atom. The lowest BCUT2D eigenvalue weighted by Crippen LogP contribution is -2.25. The van der Waals surface area contributed by atoms with E-state index in [2.05, 4.69) is 0 Å². The molecule has 1 N–H and O–H groups in total. The second-order valence-corrected chi connectivity index (χ2v) is 8.04. The highest BCUT2D eigenvalue weighted by molar-refractivity contribution is 7.89. The zero-order valence-corrected chi connectivity index (χ0v) is 12.9. The van der Waals surface area contributed by atoms with Gasteiger partial charge in [0.05, 0.1) is 4.90 Å². The fourth-order valence-electron chi connectivity index (χ4n) is 2.44. The molecule has 0 saturated carbocycles. The summed E-state index contributed by atoms with van der Waals surface area (Å²) in [6, 6.07) is 8.84. The number of carboxylic acid groups (broad SMARTS) is 1. The van der Waals surface area contributed by atoms with Crippen LogP contribution in [0.1, 0.15) is 25.7 Å². The maximum atomic E-state index is 12.7. The van der Waals surface area contributed by atoms with Gasteiger partial charge in [-0.2, -0.15) is 4.31 Å². The van der Waals surface area contributed by atoms with Crippen LogP contribution in [0.15, 0.2) is 35.2 Å². The third-order valence-corrected chi connectivity index (χ3v) is 6.60. The third-order valence-electron chi connectivity index (χ3n) is 3.51. The summed E-state index contributed by atoms with van der Waals surface area (Å²) in [4.78, 5) is 11.6. The highest BCUT2D eigenvalue weighted by Gasteiger charge is 2.32. The largest absolute Gasteiger partial charge is 0.477 e. The van der Waals surface area contributed by atoms with Crippen molar-refractivity contribution < 1.29 is 18.3 Å². The Morgan fingerprint density at radius 2 is 1.81 bits per heavy atom. The first-order valence-corrected chi connectivity index (χ1v) is 8.56. The number of aromatic carboxylic acids is 1. The minimum absolute atomic E-state index is 0.0442. The van der Waals surface area contributed by atoms with Crippen LogP contribution in [0.4, 0.5) is 0 Å². The molecule has 1 aliphatic rings. The summed E-state index contributed by atoms with van der Waals surface area (Å²) in [5.41, 5.74) is 1.99. The van der Waals surface area contributed by atoms with Gasteiger partial charge in [-0.15, -0.1) is 11.3 Å². The van der Waals surface area contributed by atoms with E-state index in [0.29, 0.717) is 18.0 Å². The van der Waals surface area contributed by atoms with Gasteiger partial charge < -0.3 is 5.11 Å². The van der Waals surface area contributed by atoms with Crippen molar-refractivity contribution in [1.82, 2.24) is 4.31 Å². The predicted molar refractivity (Wildman–Crippen MR) is 78.9 cm³/mol. The molecule has 1 aliphatic heterocycles. The number of hydrogen-bond acceptors (Lipinski definition) is 4. The molecule has 0 unspecified atom stereocenters. The first-order chi connectivity index (χ1) is 9.89. The number of benzene rings is 1. The van der Waals surface area contributed by atoms with E-state index in [-0.39, 0.29) is 9.77 Å². The van der Waals surface area contributed by atoms with Gasteiger partial charge in [-0.05, 0) is 24.1 Å². The quantitative estimate of drug-likeness (QED) is 0.941. The number of carbonyl (C=O) groups is 1. The van der Waals surface area contributed by atoms with E-state index in [0.717, 1.165) is 22.5 Å². The average molecular weight is 323 g/mol. The lowest BCUT2D eigenvalue weighted by atomic mass is 10.1. The van der Waals surface area contributed by atoms with Crippen molar-refractivity contribution in [1.29, 1.82) is 0 Å². The number of thiophene rings is 1. The minimum Gasteiger partial charge on any atom is -0.477 e. The van der Waals surface area contributed by atoms with E-state index in [4.69, 9.17) is 5.11 Å². The number of hydrogen-bond donors (Lipinski definition) is 1. The van der Waals surface area contributed by atoms with E-state index < -0.39 is 16.0 Å². The van der Waals surface area contributed by atoms with E-state index in [1.165, 1.54) is 10.4 Å². The van der Waals surface area contributed by atoms with Crippen LogP contribution < -0.4 is 0 Å². The fourth-order valence-corrected chi connectivity index (χ4v) is 5.23. The highest BCUT2D eigenvalue weighted by atomic mass is 32.2. The smallest absolute Gasteiger partial charge is 0.345 e. The monoisotopic (exact) mass is 323 g/mol. The maximum absolute atomic E-state index is 12.7. The molecule has 5 nitrogen and oxygen atoms in total. The molecule has 2 aromatic rings. The molecule has 2 heterocycles. The first-order valence-electron chi connectivity index (χ1n) is 6.30. The molecule has 1 aromatic heterocycles. The second-order valence-electron chi connectivity index (χ2n) is 4.88. The fraction of sp³-hybridized carbons (Fsp3) is 0.214. The Balaban J connectivity index is 1.98. The molecule has 0 spiro atoms. The molecule has 0 radical (unpaired) electrons. The van der Waals surface area contributed by atoms with Gasteiger partial charge in [0.1, 0.15) is 4.88 Å². The average Bonchev–Trinajstić information content (AvgIpc) is 3.02. The van der Waals surface area contributed by atoms with Gasteiger partial charge >= 0.3 is 5.97 Å². The Labute approximate surface area is 126 Å². The van der Waals surface area contributed by atoms with Crippen LogP contribution in [0.5, 0.6) is 0 Å². The molecule has 0 aliphatic carbocycles. The molecule has 0 fully saturated rings. The summed E-state index contributed by atoms with van der Waals surface area (Å²) in [5, 5.41) is 9.00. The molecule has 3 rings (SSSR count). The molecule has 21 heavy (non-hydrogen) atoms. The van der Waals surface area contributed by atoms with Gasteiger partial charge in [0.2, 0.25) is 10.0 Å². The Kier molecular flexibility index (Phi) is 3.35. The molecule has 110 valence electrons. The van der Waals surface area contributed by atoms with Crippen LogP contribution in [0.25, 0.3) is 0 Å². The van der Waals surface area contributed by atoms with Gasteiger partial charge in [0.15, 0.2) is 0 Å². The zero-order valence-electron chi connectivity index (χ0n) is 11.2. The molecule has 7 heteroatoms. The summed E-state index contributed by atoms with van der Waals surface area (Å²) in [5.74, 6) is -1.10. The van der Waals surface area contributed by atoms with Crippen molar-refractivity contribution in [3.63, 3.8) is 0 Å². The van der Waals surface area contributed by atoms with Crippen molar-refractivity contribution in [2.45, 2.75) is 24.9 Å². The topological polar surface area (TPSA) is 74.7 Å². The summed E-state index contributed by atoms with van der Waals surface area (Å²) in [6.45, 7) is 2.29. The van der Waals surface area contributed by atoms with Gasteiger partial charge in [-0.25, -0.2) is 13.2 Å². The van der Waals surface area contributed by atoms with Crippen LogP contribution in [0.3, 0.4) is 0 Å². The van der Waals surface area contributed by atoms with Crippen LogP contribution in [-0.4, -0.2) is 23.8 Å². The van der Waals surface area contributed by atoms with Gasteiger partial charge in [0.25, 0.3) is 0 Å². The van der Waals surface area contributed by atoms with Crippen molar-refractivity contribution >= 4 is 27.3 Å². The van der Waals surface area contributed by atoms with Crippen molar-refractivity contribution in [2.75, 3.05) is 0 Å². The SMILES string of the molecule is Cc1sc(C(=O)O)cc1S(=O)(=O)N1Cc2ccccc2C1.